The van der Waals surface area contributed by atoms with Crippen LogP contribution in [0, 0.1) is 0 Å². The summed E-state index contributed by atoms with van der Waals surface area (Å²) in [5.41, 5.74) is -0.389. The lowest BCUT2D eigenvalue weighted by atomic mass is 10.1. The molecule has 10 nitrogen and oxygen atoms in total. The van der Waals surface area contributed by atoms with E-state index < -0.39 is 40.0 Å². The molecule has 0 atom stereocenters. The third-order valence-corrected chi connectivity index (χ3v) is 6.32. The van der Waals surface area contributed by atoms with Gasteiger partial charge in [-0.1, -0.05) is 0 Å². The number of morpholine rings is 1. The Bertz CT molecular complexity index is 995. The fourth-order valence-corrected chi connectivity index (χ4v) is 4.63. The minimum atomic E-state index is -3.63. The summed E-state index contributed by atoms with van der Waals surface area (Å²) in [5, 5.41) is 0. The van der Waals surface area contributed by atoms with Gasteiger partial charge < -0.3 is 9.47 Å². The van der Waals surface area contributed by atoms with Crippen molar-refractivity contribution in [1.29, 1.82) is 0 Å². The van der Waals surface area contributed by atoms with Crippen LogP contribution in [0.3, 0.4) is 0 Å². The largest absolute Gasteiger partial charge is 0.459 e. The quantitative estimate of drug-likeness (QED) is 0.445. The number of amides is 2. The number of rotatable bonds is 8. The maximum atomic E-state index is 12.7. The minimum Gasteiger partial charge on any atom is -0.459 e. The Labute approximate surface area is 187 Å². The zero-order chi connectivity index (χ0) is 23.5. The third-order valence-electron chi connectivity index (χ3n) is 4.94. The van der Waals surface area contributed by atoms with Gasteiger partial charge >= 0.3 is 5.97 Å². The summed E-state index contributed by atoms with van der Waals surface area (Å²) >= 11 is 0. The number of nitrogens with zero attached hydrogens (tertiary/aromatic N) is 2. The van der Waals surface area contributed by atoms with Gasteiger partial charge in [-0.3, -0.25) is 28.9 Å². The number of hydrogen-bond acceptors (Lipinski definition) is 8. The highest BCUT2D eigenvalue weighted by Gasteiger charge is 2.38. The number of carbonyl (C=O) groups excluding carboxylic acids is 3. The monoisotopic (exact) mass is 467 g/mol. The number of esters is 1. The molecule has 0 spiro atoms. The molecule has 1 N–H and O–H groups in total. The van der Waals surface area contributed by atoms with Crippen LogP contribution in [0.25, 0.3) is 0 Å². The Kier molecular flexibility index (Phi) is 7.21. The van der Waals surface area contributed by atoms with E-state index in [0.29, 0.717) is 26.2 Å². The summed E-state index contributed by atoms with van der Waals surface area (Å²) in [4.78, 5) is 40.2. The van der Waals surface area contributed by atoms with E-state index in [-0.39, 0.29) is 22.6 Å². The van der Waals surface area contributed by atoms with Gasteiger partial charge in [-0.2, -0.15) is 0 Å². The van der Waals surface area contributed by atoms with Crippen LogP contribution < -0.4 is 4.72 Å². The molecule has 0 saturated carbocycles. The fraction of sp³-hybridized carbons (Fsp3) is 0.571. The van der Waals surface area contributed by atoms with Crippen LogP contribution in [0.4, 0.5) is 5.69 Å². The Balaban J connectivity index is 1.61. The summed E-state index contributed by atoms with van der Waals surface area (Å²) in [6.07, 6.45) is 0.460. The van der Waals surface area contributed by atoms with Gasteiger partial charge in [-0.05, 0) is 51.9 Å². The molecule has 176 valence electrons. The predicted molar refractivity (Wildman–Crippen MR) is 117 cm³/mol. The molecular weight excluding hydrogens is 438 g/mol. The van der Waals surface area contributed by atoms with Crippen molar-refractivity contribution in [2.45, 2.75) is 32.8 Å². The second kappa shape index (κ2) is 9.55. The van der Waals surface area contributed by atoms with Crippen LogP contribution in [0.15, 0.2) is 18.2 Å². The molecule has 1 aromatic carbocycles. The van der Waals surface area contributed by atoms with E-state index in [4.69, 9.17) is 9.47 Å². The Morgan fingerprint density at radius 1 is 1.12 bits per heavy atom. The van der Waals surface area contributed by atoms with E-state index in [0.717, 1.165) is 18.0 Å². The first-order valence-corrected chi connectivity index (χ1v) is 12.1. The summed E-state index contributed by atoms with van der Waals surface area (Å²) in [5.74, 6) is -2.05. The van der Waals surface area contributed by atoms with E-state index in [1.165, 1.54) is 18.2 Å². The second-order valence-electron chi connectivity index (χ2n) is 8.77. The lowest BCUT2D eigenvalue weighted by molar-refractivity contribution is -0.155. The van der Waals surface area contributed by atoms with Crippen molar-refractivity contribution in [3.05, 3.63) is 29.3 Å². The van der Waals surface area contributed by atoms with Crippen molar-refractivity contribution in [2.24, 2.45) is 0 Å². The van der Waals surface area contributed by atoms with Crippen LogP contribution in [0.1, 0.15) is 47.9 Å². The molecule has 0 aromatic heterocycles. The Hall–Kier alpha value is -2.50. The standard InChI is InChI=1S/C21H29N3O7S/c1-21(2,3)31-18(25)14-24-19(26)16-6-5-15(13-17(16)20(24)27)22-32(28,29)12-4-7-23-8-10-30-11-9-23/h5-6,13,22H,4,7-12,14H2,1-3H3. The maximum absolute atomic E-state index is 12.7. The smallest absolute Gasteiger partial charge is 0.326 e. The number of carbonyl (C=O) groups is 3. The van der Waals surface area contributed by atoms with Gasteiger partial charge in [-0.25, -0.2) is 8.42 Å². The van der Waals surface area contributed by atoms with Crippen molar-refractivity contribution in [3.63, 3.8) is 0 Å². The van der Waals surface area contributed by atoms with Crippen LogP contribution in [-0.2, 0) is 24.3 Å². The molecule has 2 aliphatic heterocycles. The summed E-state index contributed by atoms with van der Waals surface area (Å²) < 4.78 is 37.8. The zero-order valence-electron chi connectivity index (χ0n) is 18.5. The van der Waals surface area contributed by atoms with Gasteiger partial charge in [-0.15, -0.1) is 0 Å². The van der Waals surface area contributed by atoms with Gasteiger partial charge in [0.25, 0.3) is 11.8 Å². The summed E-state index contributed by atoms with van der Waals surface area (Å²) in [7, 11) is -3.63. The van der Waals surface area contributed by atoms with Crippen molar-refractivity contribution in [1.82, 2.24) is 9.80 Å². The summed E-state index contributed by atoms with van der Waals surface area (Å²) in [6.45, 7) is 8.08. The van der Waals surface area contributed by atoms with Crippen LogP contribution >= 0.6 is 0 Å². The van der Waals surface area contributed by atoms with E-state index in [1.54, 1.807) is 20.8 Å². The van der Waals surface area contributed by atoms with Crippen molar-refractivity contribution >= 4 is 33.5 Å². The molecule has 0 radical (unpaired) electrons. The number of hydrogen-bond donors (Lipinski definition) is 1. The van der Waals surface area contributed by atoms with Crippen LogP contribution in [0.5, 0.6) is 0 Å². The van der Waals surface area contributed by atoms with Crippen molar-refractivity contribution in [3.8, 4) is 0 Å². The number of imide groups is 1. The van der Waals surface area contributed by atoms with E-state index in [2.05, 4.69) is 9.62 Å². The van der Waals surface area contributed by atoms with Crippen LogP contribution in [-0.4, -0.2) is 86.7 Å². The molecule has 11 heteroatoms. The molecular formula is C21H29N3O7S. The third kappa shape index (κ3) is 6.27. The molecule has 2 heterocycles. The molecule has 2 aliphatic rings. The number of ether oxygens (including phenoxy) is 2. The molecule has 0 unspecified atom stereocenters. The van der Waals surface area contributed by atoms with E-state index >= 15 is 0 Å². The van der Waals surface area contributed by atoms with Gasteiger partial charge in [0.1, 0.15) is 12.1 Å². The number of anilines is 1. The number of sulfonamides is 1. The predicted octanol–water partition coefficient (Wildman–Crippen LogP) is 1.09. The Morgan fingerprint density at radius 3 is 2.44 bits per heavy atom. The number of fused-ring (bicyclic) bond motifs is 1. The van der Waals surface area contributed by atoms with Crippen molar-refractivity contribution in [2.75, 3.05) is 49.9 Å². The van der Waals surface area contributed by atoms with E-state index in [1.807, 2.05) is 0 Å². The SMILES string of the molecule is CC(C)(C)OC(=O)CN1C(=O)c2ccc(NS(=O)(=O)CCCN3CCOCC3)cc2C1=O. The molecule has 1 aromatic rings. The highest BCUT2D eigenvalue weighted by molar-refractivity contribution is 7.92. The molecule has 1 saturated heterocycles. The highest BCUT2D eigenvalue weighted by Crippen LogP contribution is 2.26. The van der Waals surface area contributed by atoms with Gasteiger partial charge in [0.2, 0.25) is 10.0 Å². The number of nitrogens with one attached hydrogen (secondary N) is 1. The normalized spacial score (nSPS) is 17.4. The van der Waals surface area contributed by atoms with Crippen molar-refractivity contribution < 1.29 is 32.3 Å². The van der Waals surface area contributed by atoms with Gasteiger partial charge in [0.15, 0.2) is 0 Å². The van der Waals surface area contributed by atoms with Crippen LogP contribution in [0.2, 0.25) is 0 Å². The topological polar surface area (TPSA) is 122 Å². The fourth-order valence-electron chi connectivity index (χ4n) is 3.53. The molecule has 3 rings (SSSR count). The minimum absolute atomic E-state index is 0.0482. The molecule has 2 amide bonds. The first kappa shape index (κ1) is 24.1. The van der Waals surface area contributed by atoms with Gasteiger partial charge in [0, 0.05) is 18.8 Å². The lowest BCUT2D eigenvalue weighted by Crippen LogP contribution is -2.38. The van der Waals surface area contributed by atoms with Gasteiger partial charge in [0.05, 0.1) is 30.1 Å². The zero-order valence-corrected chi connectivity index (χ0v) is 19.4. The molecule has 1 fully saturated rings. The maximum Gasteiger partial charge on any atom is 0.326 e. The second-order valence-corrected chi connectivity index (χ2v) is 10.6. The Morgan fingerprint density at radius 2 is 1.78 bits per heavy atom. The summed E-state index contributed by atoms with van der Waals surface area (Å²) in [6, 6.07) is 4.14. The molecule has 0 bridgehead atoms. The molecule has 0 aliphatic carbocycles. The first-order chi connectivity index (χ1) is 15.0. The van der Waals surface area contributed by atoms with E-state index in [9.17, 15) is 22.8 Å². The average molecular weight is 468 g/mol. The number of benzene rings is 1. The molecule has 32 heavy (non-hydrogen) atoms. The first-order valence-electron chi connectivity index (χ1n) is 10.5. The lowest BCUT2D eigenvalue weighted by Gasteiger charge is -2.26. The highest BCUT2D eigenvalue weighted by atomic mass is 32.2. The average Bonchev–Trinajstić information content (AvgIpc) is 2.91.